The lowest BCUT2D eigenvalue weighted by atomic mass is 10.2. The summed E-state index contributed by atoms with van der Waals surface area (Å²) in [5.74, 6) is 0. The monoisotopic (exact) mass is 280 g/mol. The zero-order chi connectivity index (χ0) is 14.5. The fourth-order valence-corrected chi connectivity index (χ4v) is 2.94. The van der Waals surface area contributed by atoms with Gasteiger partial charge in [0.25, 0.3) is 0 Å². The Bertz CT molecular complexity index is 389. The highest BCUT2D eigenvalue weighted by Crippen LogP contribution is 2.11. The molecule has 0 bridgehead atoms. The molecule has 1 fully saturated rings. The van der Waals surface area contributed by atoms with Crippen LogP contribution >= 0.6 is 0 Å². The number of nitrogens with zero attached hydrogens (tertiary/aromatic N) is 2. The predicted octanol–water partition coefficient (Wildman–Crippen LogP) is 1.62. The lowest BCUT2D eigenvalue weighted by Gasteiger charge is -2.35. The normalized spacial score (nSPS) is 24.2. The summed E-state index contributed by atoms with van der Waals surface area (Å²) in [6, 6.07) is 0. The molecule has 0 radical (unpaired) electrons. The van der Waals surface area contributed by atoms with E-state index in [4.69, 9.17) is 4.74 Å². The van der Waals surface area contributed by atoms with Crippen molar-refractivity contribution in [3.05, 3.63) is 17.0 Å². The molecule has 0 aromatic carbocycles. The molecule has 0 unspecified atom stereocenters. The van der Waals surface area contributed by atoms with E-state index in [2.05, 4.69) is 48.1 Å². The standard InChI is InChI=1S/C15H28N4O/c1-11-9-19(10-12(2)20-11)7-5-6-16-8-15-13(3)17-18-14(15)4/h11-12,16H,5-10H2,1-4H3,(H,17,18)/t11-,12+. The van der Waals surface area contributed by atoms with Gasteiger partial charge >= 0.3 is 0 Å². The number of nitrogens with one attached hydrogen (secondary N) is 2. The Morgan fingerprint density at radius 1 is 1.30 bits per heavy atom. The van der Waals surface area contributed by atoms with Crippen molar-refractivity contribution in [3.8, 4) is 0 Å². The first-order chi connectivity index (χ1) is 9.56. The van der Waals surface area contributed by atoms with Gasteiger partial charge in [-0.25, -0.2) is 0 Å². The number of aryl methyl sites for hydroxylation is 2. The van der Waals surface area contributed by atoms with E-state index < -0.39 is 0 Å². The second-order valence-electron chi connectivity index (χ2n) is 5.96. The summed E-state index contributed by atoms with van der Waals surface area (Å²) < 4.78 is 5.75. The van der Waals surface area contributed by atoms with Crippen molar-refractivity contribution in [1.82, 2.24) is 20.4 Å². The third kappa shape index (κ3) is 4.30. The molecule has 1 aliphatic rings. The largest absolute Gasteiger partial charge is 0.373 e. The van der Waals surface area contributed by atoms with Crippen molar-refractivity contribution in [3.63, 3.8) is 0 Å². The molecule has 0 aliphatic carbocycles. The van der Waals surface area contributed by atoms with Crippen molar-refractivity contribution >= 4 is 0 Å². The van der Waals surface area contributed by atoms with Crippen LogP contribution in [0.25, 0.3) is 0 Å². The van der Waals surface area contributed by atoms with Crippen molar-refractivity contribution in [1.29, 1.82) is 0 Å². The number of aromatic nitrogens is 2. The molecule has 2 heterocycles. The Morgan fingerprint density at radius 3 is 2.60 bits per heavy atom. The average Bonchev–Trinajstić information content (AvgIpc) is 2.68. The van der Waals surface area contributed by atoms with Gasteiger partial charge in [-0.05, 0) is 47.2 Å². The van der Waals surface area contributed by atoms with Crippen molar-refractivity contribution < 1.29 is 4.74 Å². The Balaban J connectivity index is 1.62. The summed E-state index contributed by atoms with van der Waals surface area (Å²) in [6.07, 6.45) is 1.90. The quantitative estimate of drug-likeness (QED) is 0.778. The first-order valence-electron chi connectivity index (χ1n) is 7.65. The number of H-pyrrole nitrogens is 1. The molecule has 5 nitrogen and oxygen atoms in total. The van der Waals surface area contributed by atoms with Crippen molar-refractivity contribution in [2.75, 3.05) is 26.2 Å². The van der Waals surface area contributed by atoms with Gasteiger partial charge in [0.15, 0.2) is 0 Å². The van der Waals surface area contributed by atoms with Crippen LogP contribution in [0.15, 0.2) is 0 Å². The average molecular weight is 280 g/mol. The maximum atomic E-state index is 5.75. The van der Waals surface area contributed by atoms with Crippen LogP contribution in [0.1, 0.15) is 37.2 Å². The number of aromatic amines is 1. The van der Waals surface area contributed by atoms with Gasteiger partial charge in [0.05, 0.1) is 17.9 Å². The molecule has 2 atom stereocenters. The molecule has 1 saturated heterocycles. The van der Waals surface area contributed by atoms with Crippen LogP contribution in [0.2, 0.25) is 0 Å². The summed E-state index contributed by atoms with van der Waals surface area (Å²) in [5, 5.41) is 10.8. The summed E-state index contributed by atoms with van der Waals surface area (Å²) in [4.78, 5) is 2.51. The minimum absolute atomic E-state index is 0.364. The molecular weight excluding hydrogens is 252 g/mol. The summed E-state index contributed by atoms with van der Waals surface area (Å²) in [5.41, 5.74) is 3.58. The molecule has 0 spiro atoms. The molecule has 114 valence electrons. The summed E-state index contributed by atoms with van der Waals surface area (Å²) in [7, 11) is 0. The van der Waals surface area contributed by atoms with Crippen LogP contribution in [0.3, 0.4) is 0 Å². The van der Waals surface area contributed by atoms with Gasteiger partial charge in [-0.15, -0.1) is 0 Å². The number of hydrogen-bond acceptors (Lipinski definition) is 4. The lowest BCUT2D eigenvalue weighted by Crippen LogP contribution is -2.46. The summed E-state index contributed by atoms with van der Waals surface area (Å²) in [6.45, 7) is 13.7. The number of hydrogen-bond donors (Lipinski definition) is 2. The zero-order valence-corrected chi connectivity index (χ0v) is 13.2. The molecular formula is C15H28N4O. The first-order valence-corrected chi connectivity index (χ1v) is 7.65. The van der Waals surface area contributed by atoms with Gasteiger partial charge in [0.1, 0.15) is 0 Å². The second-order valence-corrected chi connectivity index (χ2v) is 5.96. The van der Waals surface area contributed by atoms with Crippen molar-refractivity contribution in [2.24, 2.45) is 0 Å². The molecule has 0 saturated carbocycles. The van der Waals surface area contributed by atoms with Gasteiger partial charge in [0.2, 0.25) is 0 Å². The maximum Gasteiger partial charge on any atom is 0.0678 e. The SMILES string of the molecule is Cc1n[nH]c(C)c1CNCCCN1C[C@@H](C)O[C@@H](C)C1. The second kappa shape index (κ2) is 7.20. The van der Waals surface area contributed by atoms with Crippen LogP contribution in [0, 0.1) is 13.8 Å². The van der Waals surface area contributed by atoms with Gasteiger partial charge in [0, 0.05) is 30.9 Å². The summed E-state index contributed by atoms with van der Waals surface area (Å²) >= 11 is 0. The van der Waals surface area contributed by atoms with Crippen LogP contribution < -0.4 is 5.32 Å². The fraction of sp³-hybridized carbons (Fsp3) is 0.800. The first kappa shape index (κ1) is 15.5. The van der Waals surface area contributed by atoms with Gasteiger partial charge in [-0.3, -0.25) is 10.00 Å². The lowest BCUT2D eigenvalue weighted by molar-refractivity contribution is -0.0680. The molecule has 5 heteroatoms. The Hall–Kier alpha value is -0.910. The molecule has 1 aromatic heterocycles. The Labute approximate surface area is 122 Å². The molecule has 2 N–H and O–H groups in total. The van der Waals surface area contributed by atoms with E-state index in [0.29, 0.717) is 12.2 Å². The number of rotatable bonds is 6. The maximum absolute atomic E-state index is 5.75. The van der Waals surface area contributed by atoms with E-state index in [1.165, 1.54) is 17.7 Å². The molecule has 20 heavy (non-hydrogen) atoms. The highest BCUT2D eigenvalue weighted by atomic mass is 16.5. The van der Waals surface area contributed by atoms with Gasteiger partial charge in [-0.1, -0.05) is 0 Å². The van der Waals surface area contributed by atoms with E-state index >= 15 is 0 Å². The van der Waals surface area contributed by atoms with E-state index in [1.807, 2.05) is 0 Å². The van der Waals surface area contributed by atoms with Crippen molar-refractivity contribution in [2.45, 2.75) is 52.9 Å². The molecule has 1 aliphatic heterocycles. The van der Waals surface area contributed by atoms with Crippen LogP contribution in [0.4, 0.5) is 0 Å². The van der Waals surface area contributed by atoms with Crippen LogP contribution in [0.5, 0.6) is 0 Å². The van der Waals surface area contributed by atoms with E-state index in [1.54, 1.807) is 0 Å². The Kier molecular flexibility index (Phi) is 5.57. The highest BCUT2D eigenvalue weighted by molar-refractivity contribution is 5.22. The minimum Gasteiger partial charge on any atom is -0.373 e. The number of morpholine rings is 1. The highest BCUT2D eigenvalue weighted by Gasteiger charge is 2.21. The topological polar surface area (TPSA) is 53.2 Å². The van der Waals surface area contributed by atoms with Crippen LogP contribution in [-0.4, -0.2) is 53.5 Å². The Morgan fingerprint density at radius 2 is 2.00 bits per heavy atom. The van der Waals surface area contributed by atoms with Gasteiger partial charge < -0.3 is 10.1 Å². The third-order valence-corrected chi connectivity index (χ3v) is 3.91. The minimum atomic E-state index is 0.364. The smallest absolute Gasteiger partial charge is 0.0678 e. The predicted molar refractivity (Wildman–Crippen MR) is 80.8 cm³/mol. The molecule has 0 amide bonds. The third-order valence-electron chi connectivity index (χ3n) is 3.91. The molecule has 2 rings (SSSR count). The fourth-order valence-electron chi connectivity index (χ4n) is 2.94. The van der Waals surface area contributed by atoms with Gasteiger partial charge in [-0.2, -0.15) is 5.10 Å². The van der Waals surface area contributed by atoms with E-state index in [0.717, 1.165) is 38.4 Å². The van der Waals surface area contributed by atoms with E-state index in [9.17, 15) is 0 Å². The van der Waals surface area contributed by atoms with E-state index in [-0.39, 0.29) is 0 Å². The zero-order valence-electron chi connectivity index (χ0n) is 13.2. The number of ether oxygens (including phenoxy) is 1. The molecule has 1 aromatic rings. The van der Waals surface area contributed by atoms with Crippen LogP contribution in [-0.2, 0) is 11.3 Å².